The molecule has 4 rings (SSSR count). The van der Waals surface area contributed by atoms with E-state index in [1.54, 1.807) is 23.4 Å². The van der Waals surface area contributed by atoms with Gasteiger partial charge in [0, 0.05) is 23.4 Å². The topological polar surface area (TPSA) is 78.3 Å². The largest absolute Gasteiger partial charge is 0.383 e. The fourth-order valence-corrected chi connectivity index (χ4v) is 3.90. The van der Waals surface area contributed by atoms with Crippen LogP contribution in [0.15, 0.2) is 59.8 Å². The van der Waals surface area contributed by atoms with Gasteiger partial charge in [-0.2, -0.15) is 9.50 Å². The number of hydrogen-bond donors (Lipinski definition) is 1. The Morgan fingerprint density at radius 1 is 1.11 bits per heavy atom. The third-order valence-corrected chi connectivity index (χ3v) is 5.33. The summed E-state index contributed by atoms with van der Waals surface area (Å²) < 4.78 is 6.89. The van der Waals surface area contributed by atoms with Gasteiger partial charge in [0.1, 0.15) is 5.82 Å². The zero-order valence-corrected chi connectivity index (χ0v) is 16.7. The van der Waals surface area contributed by atoms with Gasteiger partial charge in [0.2, 0.25) is 5.16 Å². The zero-order chi connectivity index (χ0) is 19.5. The van der Waals surface area contributed by atoms with E-state index in [1.165, 1.54) is 5.56 Å². The first kappa shape index (κ1) is 18.7. The number of hydrogen-bond acceptors (Lipinski definition) is 6. The number of benzene rings is 2. The van der Waals surface area contributed by atoms with E-state index in [2.05, 4.69) is 27.2 Å². The second-order valence-electron chi connectivity index (χ2n) is 6.14. The number of nitrogens with two attached hydrogens (primary N) is 1. The molecule has 8 heteroatoms. The quantitative estimate of drug-likeness (QED) is 0.472. The molecule has 2 aromatic carbocycles. The van der Waals surface area contributed by atoms with Crippen LogP contribution in [-0.4, -0.2) is 26.7 Å². The fraction of sp³-hybridized carbons (Fsp3) is 0.150. The summed E-state index contributed by atoms with van der Waals surface area (Å²) in [5, 5.41) is 5.79. The van der Waals surface area contributed by atoms with Crippen molar-refractivity contribution in [3.8, 4) is 11.1 Å². The maximum Gasteiger partial charge on any atom is 0.255 e. The average molecular weight is 412 g/mol. The molecule has 2 heterocycles. The molecule has 28 heavy (non-hydrogen) atoms. The normalized spacial score (nSPS) is 11.2. The molecule has 0 unspecified atom stereocenters. The molecule has 6 nitrogen and oxygen atoms in total. The highest BCUT2D eigenvalue weighted by atomic mass is 35.5. The Morgan fingerprint density at radius 2 is 1.93 bits per heavy atom. The molecule has 4 aromatic rings. The van der Waals surface area contributed by atoms with Gasteiger partial charge in [0.15, 0.2) is 0 Å². The van der Waals surface area contributed by atoms with Crippen LogP contribution in [0.1, 0.15) is 11.3 Å². The molecule has 0 atom stereocenters. The van der Waals surface area contributed by atoms with Crippen molar-refractivity contribution in [1.29, 1.82) is 0 Å². The first-order valence-corrected chi connectivity index (χ1v) is 9.99. The summed E-state index contributed by atoms with van der Waals surface area (Å²) >= 11 is 7.71. The summed E-state index contributed by atoms with van der Waals surface area (Å²) in [4.78, 5) is 9.16. The second kappa shape index (κ2) is 8.18. The van der Waals surface area contributed by atoms with Gasteiger partial charge in [-0.15, -0.1) is 5.10 Å². The number of halogens is 1. The molecule has 2 N–H and O–H groups in total. The van der Waals surface area contributed by atoms with E-state index in [0.29, 0.717) is 34.1 Å². The van der Waals surface area contributed by atoms with Crippen molar-refractivity contribution in [3.05, 3.63) is 70.9 Å². The van der Waals surface area contributed by atoms with Crippen molar-refractivity contribution in [2.24, 2.45) is 0 Å². The molecule has 0 radical (unpaired) electrons. The smallest absolute Gasteiger partial charge is 0.255 e. The van der Waals surface area contributed by atoms with Crippen LogP contribution >= 0.6 is 23.4 Å². The molecule has 0 saturated carbocycles. The number of nitrogen functional groups attached to an aromatic ring is 1. The summed E-state index contributed by atoms with van der Waals surface area (Å²) in [6.45, 7) is 0.307. The van der Waals surface area contributed by atoms with Crippen molar-refractivity contribution < 1.29 is 4.74 Å². The number of nitrogens with zero attached hydrogens (tertiary/aromatic N) is 4. The zero-order valence-electron chi connectivity index (χ0n) is 15.2. The van der Waals surface area contributed by atoms with Crippen LogP contribution in [0.25, 0.3) is 16.9 Å². The Balaban J connectivity index is 1.75. The Hall–Kier alpha value is -2.61. The van der Waals surface area contributed by atoms with Crippen LogP contribution in [0.5, 0.6) is 0 Å². The molecule has 0 saturated heterocycles. The molecule has 142 valence electrons. The van der Waals surface area contributed by atoms with E-state index in [4.69, 9.17) is 22.1 Å². The maximum absolute atomic E-state index is 6.47. The lowest BCUT2D eigenvalue weighted by atomic mass is 10.0. The number of rotatable bonds is 6. The van der Waals surface area contributed by atoms with Crippen LogP contribution in [0, 0.1) is 0 Å². The first-order valence-electron chi connectivity index (χ1n) is 8.62. The number of methoxy groups -OCH3 is 1. The van der Waals surface area contributed by atoms with Crippen molar-refractivity contribution in [2.45, 2.75) is 17.5 Å². The van der Waals surface area contributed by atoms with Gasteiger partial charge < -0.3 is 10.5 Å². The van der Waals surface area contributed by atoms with Crippen molar-refractivity contribution in [2.75, 3.05) is 12.8 Å². The van der Waals surface area contributed by atoms with Gasteiger partial charge in [-0.25, -0.2) is 4.98 Å². The Bertz CT molecular complexity index is 1120. The minimum atomic E-state index is 0.307. The molecule has 0 bridgehead atoms. The first-order chi connectivity index (χ1) is 13.7. The van der Waals surface area contributed by atoms with Gasteiger partial charge in [-0.1, -0.05) is 65.8 Å². The summed E-state index contributed by atoms with van der Waals surface area (Å²) in [6, 6.07) is 17.6. The maximum atomic E-state index is 6.47. The Kier molecular flexibility index (Phi) is 5.47. The minimum Gasteiger partial charge on any atom is -0.383 e. The summed E-state index contributed by atoms with van der Waals surface area (Å²) in [5.41, 5.74) is 9.98. The van der Waals surface area contributed by atoms with Crippen LogP contribution in [0.3, 0.4) is 0 Å². The van der Waals surface area contributed by atoms with Crippen LogP contribution in [0.4, 0.5) is 5.82 Å². The molecular weight excluding hydrogens is 394 g/mol. The number of fused-ring (bicyclic) bond motifs is 1. The molecule has 0 spiro atoms. The van der Waals surface area contributed by atoms with Gasteiger partial charge in [0.05, 0.1) is 12.3 Å². The lowest BCUT2D eigenvalue weighted by Gasteiger charge is -2.12. The van der Waals surface area contributed by atoms with Gasteiger partial charge in [0.25, 0.3) is 5.78 Å². The van der Waals surface area contributed by atoms with Crippen LogP contribution in [-0.2, 0) is 17.1 Å². The van der Waals surface area contributed by atoms with Gasteiger partial charge in [-0.05, 0) is 23.3 Å². The van der Waals surface area contributed by atoms with E-state index < -0.39 is 0 Å². The lowest BCUT2D eigenvalue weighted by Crippen LogP contribution is -2.08. The summed E-state index contributed by atoms with van der Waals surface area (Å²) in [5.74, 6) is 1.67. The Labute approximate surface area is 171 Å². The predicted octanol–water partition coefficient (Wildman–Crippen LogP) is 4.47. The van der Waals surface area contributed by atoms with Crippen LogP contribution in [0.2, 0.25) is 5.02 Å². The van der Waals surface area contributed by atoms with E-state index in [1.807, 2.05) is 42.5 Å². The SMILES string of the molecule is COCc1nc2nc(SCc3ccccc3)nn2c(N)c1-c1cccc(Cl)c1. The molecular formula is C20H18ClN5OS. The fourth-order valence-electron chi connectivity index (χ4n) is 2.93. The third-order valence-electron chi connectivity index (χ3n) is 4.18. The van der Waals surface area contributed by atoms with E-state index in [9.17, 15) is 0 Å². The van der Waals surface area contributed by atoms with Crippen molar-refractivity contribution >= 4 is 35.0 Å². The van der Waals surface area contributed by atoms with Crippen molar-refractivity contribution in [3.63, 3.8) is 0 Å². The molecule has 0 amide bonds. The van der Waals surface area contributed by atoms with Gasteiger partial charge in [-0.3, -0.25) is 0 Å². The standard InChI is InChI=1S/C20H18ClN5OS/c1-27-11-16-17(14-8-5-9-15(21)10-14)18(22)26-19(23-16)24-20(25-26)28-12-13-6-3-2-4-7-13/h2-10H,11-12,22H2,1H3. The average Bonchev–Trinajstić information content (AvgIpc) is 3.11. The second-order valence-corrected chi connectivity index (χ2v) is 7.52. The van der Waals surface area contributed by atoms with Gasteiger partial charge >= 0.3 is 0 Å². The van der Waals surface area contributed by atoms with Crippen LogP contribution < -0.4 is 5.73 Å². The summed E-state index contributed by atoms with van der Waals surface area (Å²) in [7, 11) is 1.62. The lowest BCUT2D eigenvalue weighted by molar-refractivity contribution is 0.182. The van der Waals surface area contributed by atoms with E-state index >= 15 is 0 Å². The monoisotopic (exact) mass is 411 g/mol. The highest BCUT2D eigenvalue weighted by Gasteiger charge is 2.18. The molecule has 0 fully saturated rings. The summed E-state index contributed by atoms with van der Waals surface area (Å²) in [6.07, 6.45) is 0. The number of aromatic nitrogens is 4. The third kappa shape index (κ3) is 3.82. The highest BCUT2D eigenvalue weighted by molar-refractivity contribution is 7.98. The highest BCUT2D eigenvalue weighted by Crippen LogP contribution is 2.32. The van der Waals surface area contributed by atoms with E-state index in [-0.39, 0.29) is 0 Å². The number of anilines is 1. The van der Waals surface area contributed by atoms with Crippen molar-refractivity contribution in [1.82, 2.24) is 19.6 Å². The number of thioether (sulfide) groups is 1. The Morgan fingerprint density at radius 3 is 2.68 bits per heavy atom. The number of ether oxygens (including phenoxy) is 1. The molecule has 2 aromatic heterocycles. The molecule has 0 aliphatic heterocycles. The molecule has 0 aliphatic carbocycles. The molecule has 0 aliphatic rings. The van der Waals surface area contributed by atoms with E-state index in [0.717, 1.165) is 16.9 Å². The predicted molar refractivity (Wildman–Crippen MR) is 112 cm³/mol. The minimum absolute atomic E-state index is 0.307.